The predicted octanol–water partition coefficient (Wildman–Crippen LogP) is 2.16. The standard InChI is InChI=1S/C15H23N3O3/c1-3-15(16,4-2)11-17-14(19)9-8-12-6-5-7-13(10-12)18(20)21/h5-7,10H,3-4,8-9,11,16H2,1-2H3,(H,17,19). The topological polar surface area (TPSA) is 98.3 Å². The zero-order valence-electron chi connectivity index (χ0n) is 12.6. The van der Waals surface area contributed by atoms with E-state index in [0.29, 0.717) is 19.4 Å². The van der Waals surface area contributed by atoms with Gasteiger partial charge in [-0.3, -0.25) is 14.9 Å². The summed E-state index contributed by atoms with van der Waals surface area (Å²) in [7, 11) is 0. The molecule has 0 spiro atoms. The summed E-state index contributed by atoms with van der Waals surface area (Å²) in [5, 5.41) is 13.5. The molecule has 0 aliphatic heterocycles. The maximum absolute atomic E-state index is 11.8. The average molecular weight is 293 g/mol. The molecular formula is C15H23N3O3. The van der Waals surface area contributed by atoms with Gasteiger partial charge < -0.3 is 11.1 Å². The van der Waals surface area contributed by atoms with Gasteiger partial charge in [0.15, 0.2) is 0 Å². The van der Waals surface area contributed by atoms with Crippen LogP contribution in [0.2, 0.25) is 0 Å². The average Bonchev–Trinajstić information content (AvgIpc) is 2.50. The number of carbonyl (C=O) groups excluding carboxylic acids is 1. The molecule has 0 bridgehead atoms. The number of hydrogen-bond donors (Lipinski definition) is 2. The fraction of sp³-hybridized carbons (Fsp3) is 0.533. The van der Waals surface area contributed by atoms with Gasteiger partial charge in [-0.2, -0.15) is 0 Å². The molecule has 1 aromatic rings. The molecule has 1 amide bonds. The van der Waals surface area contributed by atoms with Crippen LogP contribution in [-0.2, 0) is 11.2 Å². The highest BCUT2D eigenvalue weighted by atomic mass is 16.6. The van der Waals surface area contributed by atoms with Crippen LogP contribution < -0.4 is 11.1 Å². The Morgan fingerprint density at radius 1 is 1.38 bits per heavy atom. The van der Waals surface area contributed by atoms with Gasteiger partial charge in [-0.1, -0.05) is 26.0 Å². The van der Waals surface area contributed by atoms with Crippen molar-refractivity contribution in [2.24, 2.45) is 5.73 Å². The molecule has 6 nitrogen and oxygen atoms in total. The number of nitrogens with zero attached hydrogens (tertiary/aromatic N) is 1. The highest BCUT2D eigenvalue weighted by Gasteiger charge is 2.20. The highest BCUT2D eigenvalue weighted by Crippen LogP contribution is 2.14. The van der Waals surface area contributed by atoms with E-state index in [1.165, 1.54) is 12.1 Å². The number of carbonyl (C=O) groups is 1. The molecule has 0 aliphatic carbocycles. The van der Waals surface area contributed by atoms with Crippen LogP contribution in [0.4, 0.5) is 5.69 Å². The van der Waals surface area contributed by atoms with Crippen LogP contribution in [0, 0.1) is 10.1 Å². The molecule has 21 heavy (non-hydrogen) atoms. The van der Waals surface area contributed by atoms with E-state index in [1.807, 2.05) is 13.8 Å². The van der Waals surface area contributed by atoms with Gasteiger partial charge in [-0.15, -0.1) is 0 Å². The molecule has 116 valence electrons. The van der Waals surface area contributed by atoms with Gasteiger partial charge in [0.1, 0.15) is 0 Å². The van der Waals surface area contributed by atoms with Crippen LogP contribution in [0.1, 0.15) is 38.7 Å². The van der Waals surface area contributed by atoms with E-state index in [2.05, 4.69) is 5.32 Å². The molecule has 0 saturated carbocycles. The highest BCUT2D eigenvalue weighted by molar-refractivity contribution is 5.76. The lowest BCUT2D eigenvalue weighted by Gasteiger charge is -2.26. The molecule has 0 unspecified atom stereocenters. The fourth-order valence-electron chi connectivity index (χ4n) is 1.95. The van der Waals surface area contributed by atoms with Crippen LogP contribution in [-0.4, -0.2) is 22.9 Å². The van der Waals surface area contributed by atoms with Crippen molar-refractivity contribution < 1.29 is 9.72 Å². The van der Waals surface area contributed by atoms with Gasteiger partial charge in [0, 0.05) is 30.6 Å². The molecule has 0 heterocycles. The van der Waals surface area contributed by atoms with Crippen LogP contribution in [0.25, 0.3) is 0 Å². The summed E-state index contributed by atoms with van der Waals surface area (Å²) >= 11 is 0. The Hall–Kier alpha value is -1.95. The molecule has 0 aromatic heterocycles. The molecule has 0 aliphatic rings. The van der Waals surface area contributed by atoms with Crippen LogP contribution in [0.3, 0.4) is 0 Å². The summed E-state index contributed by atoms with van der Waals surface area (Å²) in [6, 6.07) is 6.35. The first-order valence-corrected chi connectivity index (χ1v) is 7.19. The Morgan fingerprint density at radius 2 is 2.05 bits per heavy atom. The van der Waals surface area contributed by atoms with Crippen LogP contribution >= 0.6 is 0 Å². The maximum Gasteiger partial charge on any atom is 0.269 e. The number of hydrogen-bond acceptors (Lipinski definition) is 4. The van der Waals surface area contributed by atoms with E-state index in [9.17, 15) is 14.9 Å². The molecular weight excluding hydrogens is 270 g/mol. The lowest BCUT2D eigenvalue weighted by atomic mass is 9.94. The lowest BCUT2D eigenvalue weighted by Crippen LogP contribution is -2.49. The van der Waals surface area contributed by atoms with E-state index in [0.717, 1.165) is 18.4 Å². The first-order chi connectivity index (χ1) is 9.90. The maximum atomic E-state index is 11.8. The van der Waals surface area contributed by atoms with Gasteiger partial charge in [-0.25, -0.2) is 0 Å². The third kappa shape index (κ3) is 5.51. The summed E-state index contributed by atoms with van der Waals surface area (Å²) in [5.41, 5.74) is 6.58. The normalized spacial score (nSPS) is 11.2. The molecule has 0 radical (unpaired) electrons. The zero-order chi connectivity index (χ0) is 15.9. The van der Waals surface area contributed by atoms with Gasteiger partial charge in [0.2, 0.25) is 5.91 Å². The number of rotatable bonds is 8. The number of nitrogens with two attached hydrogens (primary N) is 1. The third-order valence-corrected chi connectivity index (χ3v) is 3.81. The number of aryl methyl sites for hydroxylation is 1. The number of non-ortho nitro benzene ring substituents is 1. The third-order valence-electron chi connectivity index (χ3n) is 3.81. The van der Waals surface area contributed by atoms with Crippen molar-refractivity contribution in [1.82, 2.24) is 5.32 Å². The predicted molar refractivity (Wildman–Crippen MR) is 81.9 cm³/mol. The van der Waals surface area contributed by atoms with E-state index >= 15 is 0 Å². The minimum absolute atomic E-state index is 0.0471. The number of nitro groups is 1. The Morgan fingerprint density at radius 3 is 2.62 bits per heavy atom. The van der Waals surface area contributed by atoms with E-state index in [-0.39, 0.29) is 17.1 Å². The number of nitrogens with one attached hydrogen (secondary N) is 1. The largest absolute Gasteiger partial charge is 0.354 e. The molecule has 0 saturated heterocycles. The lowest BCUT2D eigenvalue weighted by molar-refractivity contribution is -0.384. The Balaban J connectivity index is 2.46. The summed E-state index contributed by atoms with van der Waals surface area (Å²) < 4.78 is 0. The Labute approximate surface area is 124 Å². The van der Waals surface area contributed by atoms with Crippen LogP contribution in [0.5, 0.6) is 0 Å². The molecule has 6 heteroatoms. The zero-order valence-corrected chi connectivity index (χ0v) is 12.6. The van der Waals surface area contributed by atoms with Crippen molar-refractivity contribution in [2.75, 3.05) is 6.54 Å². The number of nitro benzene ring substituents is 1. The van der Waals surface area contributed by atoms with E-state index in [1.54, 1.807) is 12.1 Å². The molecule has 3 N–H and O–H groups in total. The van der Waals surface area contributed by atoms with Crippen molar-refractivity contribution in [3.63, 3.8) is 0 Å². The van der Waals surface area contributed by atoms with Crippen molar-refractivity contribution in [3.05, 3.63) is 39.9 Å². The minimum Gasteiger partial charge on any atom is -0.354 e. The van der Waals surface area contributed by atoms with Gasteiger partial charge >= 0.3 is 0 Å². The quantitative estimate of drug-likeness (QED) is 0.566. The molecule has 0 fully saturated rings. The van der Waals surface area contributed by atoms with Gasteiger partial charge in [0.25, 0.3) is 5.69 Å². The molecule has 1 rings (SSSR count). The van der Waals surface area contributed by atoms with E-state index in [4.69, 9.17) is 5.73 Å². The van der Waals surface area contributed by atoms with Crippen molar-refractivity contribution >= 4 is 11.6 Å². The fourth-order valence-corrected chi connectivity index (χ4v) is 1.95. The van der Waals surface area contributed by atoms with Crippen molar-refractivity contribution in [3.8, 4) is 0 Å². The second-order valence-corrected chi connectivity index (χ2v) is 5.27. The first-order valence-electron chi connectivity index (χ1n) is 7.19. The van der Waals surface area contributed by atoms with Crippen molar-refractivity contribution in [1.29, 1.82) is 0 Å². The second kappa shape index (κ2) is 7.73. The monoisotopic (exact) mass is 293 g/mol. The first kappa shape index (κ1) is 17.1. The number of benzene rings is 1. The Kier molecular flexibility index (Phi) is 6.30. The molecule has 0 atom stereocenters. The minimum atomic E-state index is -0.436. The van der Waals surface area contributed by atoms with Crippen molar-refractivity contribution in [2.45, 2.75) is 45.1 Å². The number of amides is 1. The second-order valence-electron chi connectivity index (χ2n) is 5.27. The Bertz CT molecular complexity index is 499. The van der Waals surface area contributed by atoms with E-state index < -0.39 is 4.92 Å². The summed E-state index contributed by atoms with van der Waals surface area (Å²) in [4.78, 5) is 22.1. The van der Waals surface area contributed by atoms with Gasteiger partial charge in [0.05, 0.1) is 4.92 Å². The SMILES string of the molecule is CCC(N)(CC)CNC(=O)CCc1cccc([N+](=O)[O-])c1. The summed E-state index contributed by atoms with van der Waals surface area (Å²) in [6.45, 7) is 4.45. The summed E-state index contributed by atoms with van der Waals surface area (Å²) in [6.07, 6.45) is 2.37. The molecule has 1 aromatic carbocycles. The summed E-state index contributed by atoms with van der Waals surface area (Å²) in [5.74, 6) is -0.0850. The van der Waals surface area contributed by atoms with Gasteiger partial charge in [-0.05, 0) is 24.8 Å². The van der Waals surface area contributed by atoms with Crippen LogP contribution in [0.15, 0.2) is 24.3 Å². The smallest absolute Gasteiger partial charge is 0.269 e.